The zero-order chi connectivity index (χ0) is 17.0. The van der Waals surface area contributed by atoms with Gasteiger partial charge < -0.3 is 10.1 Å². The summed E-state index contributed by atoms with van der Waals surface area (Å²) >= 11 is 0. The Hall–Kier alpha value is -2.62. The minimum atomic E-state index is -0.670. The number of nitrogens with one attached hydrogen (secondary N) is 1. The van der Waals surface area contributed by atoms with Crippen molar-refractivity contribution in [3.8, 4) is 5.75 Å². The number of ether oxygens (including phenoxy) is 1. The number of anilines is 1. The molecule has 0 aliphatic carbocycles. The van der Waals surface area contributed by atoms with Gasteiger partial charge in [-0.3, -0.25) is 9.59 Å². The molecule has 4 nitrogen and oxygen atoms in total. The Kier molecular flexibility index (Phi) is 5.16. The van der Waals surface area contributed by atoms with Crippen molar-refractivity contribution in [3.05, 3.63) is 59.2 Å². The fraction of sp³-hybridized carbons (Fsp3) is 0.263. The van der Waals surface area contributed by atoms with Crippen LogP contribution in [0.5, 0.6) is 5.75 Å². The molecule has 2 rings (SSSR count). The molecule has 0 aliphatic heterocycles. The van der Waals surface area contributed by atoms with E-state index in [0.29, 0.717) is 17.0 Å². The van der Waals surface area contributed by atoms with E-state index in [1.165, 1.54) is 6.92 Å². The van der Waals surface area contributed by atoms with E-state index < -0.39 is 6.10 Å². The number of carbonyl (C=O) groups excluding carboxylic acids is 2. The summed E-state index contributed by atoms with van der Waals surface area (Å²) in [5.41, 5.74) is 3.11. The summed E-state index contributed by atoms with van der Waals surface area (Å²) in [5.74, 6) is 0.292. The molecule has 0 aromatic heterocycles. The Morgan fingerprint density at radius 1 is 1.09 bits per heavy atom. The monoisotopic (exact) mass is 311 g/mol. The fourth-order valence-electron chi connectivity index (χ4n) is 2.31. The molecule has 1 amide bonds. The molecule has 2 aromatic rings. The average molecular weight is 311 g/mol. The Bertz CT molecular complexity index is 737. The highest BCUT2D eigenvalue weighted by atomic mass is 16.5. The van der Waals surface area contributed by atoms with Gasteiger partial charge >= 0.3 is 0 Å². The highest BCUT2D eigenvalue weighted by Crippen LogP contribution is 2.21. The standard InChI is InChI=1S/C19H21NO3/c1-12-9-10-18(13(2)11-12)23-15(4)19(22)20-17-8-6-5-7-16(17)14(3)21/h5-11,15H,1-4H3,(H,20,22). The van der Waals surface area contributed by atoms with Gasteiger partial charge in [-0.2, -0.15) is 0 Å². The molecule has 1 N–H and O–H groups in total. The van der Waals surface area contributed by atoms with Gasteiger partial charge in [0, 0.05) is 5.56 Å². The molecule has 0 spiro atoms. The smallest absolute Gasteiger partial charge is 0.265 e. The normalized spacial score (nSPS) is 11.7. The van der Waals surface area contributed by atoms with Gasteiger partial charge in [-0.1, -0.05) is 29.8 Å². The van der Waals surface area contributed by atoms with Crippen LogP contribution in [0.4, 0.5) is 5.69 Å². The third-order valence-electron chi connectivity index (χ3n) is 3.57. The van der Waals surface area contributed by atoms with E-state index >= 15 is 0 Å². The first kappa shape index (κ1) is 16.7. The molecule has 0 heterocycles. The highest BCUT2D eigenvalue weighted by Gasteiger charge is 2.18. The second-order valence-corrected chi connectivity index (χ2v) is 5.62. The zero-order valence-corrected chi connectivity index (χ0v) is 13.8. The van der Waals surface area contributed by atoms with Crippen LogP contribution >= 0.6 is 0 Å². The topological polar surface area (TPSA) is 55.4 Å². The number of hydrogen-bond acceptors (Lipinski definition) is 3. The lowest BCUT2D eigenvalue weighted by molar-refractivity contribution is -0.122. The zero-order valence-electron chi connectivity index (χ0n) is 13.8. The Balaban J connectivity index is 2.10. The van der Waals surface area contributed by atoms with E-state index in [-0.39, 0.29) is 11.7 Å². The maximum atomic E-state index is 12.3. The number of amides is 1. The number of Topliss-reactive ketones (excluding diaryl/α,β-unsaturated/α-hetero) is 1. The van der Waals surface area contributed by atoms with Crippen molar-refractivity contribution < 1.29 is 14.3 Å². The molecule has 23 heavy (non-hydrogen) atoms. The summed E-state index contributed by atoms with van der Waals surface area (Å²) in [6, 6.07) is 12.7. The summed E-state index contributed by atoms with van der Waals surface area (Å²) in [4.78, 5) is 23.9. The molecule has 1 atom stereocenters. The highest BCUT2D eigenvalue weighted by molar-refractivity contribution is 6.04. The molecule has 4 heteroatoms. The first-order valence-electron chi connectivity index (χ1n) is 7.53. The van der Waals surface area contributed by atoms with Gasteiger partial charge in [0.05, 0.1) is 5.69 Å². The third-order valence-corrected chi connectivity index (χ3v) is 3.57. The Labute approximate surface area is 136 Å². The first-order chi connectivity index (χ1) is 10.9. The quantitative estimate of drug-likeness (QED) is 0.852. The predicted molar refractivity (Wildman–Crippen MR) is 91.1 cm³/mol. The molecule has 0 saturated carbocycles. The lowest BCUT2D eigenvalue weighted by atomic mass is 10.1. The predicted octanol–water partition coefficient (Wildman–Crippen LogP) is 3.91. The van der Waals surface area contributed by atoms with Crippen LogP contribution in [0.25, 0.3) is 0 Å². The molecule has 0 aliphatic rings. The van der Waals surface area contributed by atoms with Gasteiger partial charge in [0.25, 0.3) is 5.91 Å². The average Bonchev–Trinajstić information content (AvgIpc) is 2.50. The van der Waals surface area contributed by atoms with Crippen molar-refractivity contribution in [2.75, 3.05) is 5.32 Å². The van der Waals surface area contributed by atoms with Crippen LogP contribution in [-0.2, 0) is 4.79 Å². The number of benzene rings is 2. The molecular formula is C19H21NO3. The van der Waals surface area contributed by atoms with Gasteiger partial charge in [-0.05, 0) is 51.5 Å². The number of carbonyl (C=O) groups is 2. The van der Waals surface area contributed by atoms with E-state index in [1.807, 2.05) is 32.0 Å². The SMILES string of the molecule is CC(=O)c1ccccc1NC(=O)C(C)Oc1ccc(C)cc1C. The molecule has 2 aromatic carbocycles. The van der Waals surface area contributed by atoms with Crippen molar-refractivity contribution in [1.82, 2.24) is 0 Å². The number of aryl methyl sites for hydroxylation is 2. The molecule has 0 saturated heterocycles. The second kappa shape index (κ2) is 7.09. The number of rotatable bonds is 5. The van der Waals surface area contributed by atoms with Crippen LogP contribution in [0.2, 0.25) is 0 Å². The van der Waals surface area contributed by atoms with Crippen LogP contribution in [0, 0.1) is 13.8 Å². The molecule has 0 radical (unpaired) electrons. The van der Waals surface area contributed by atoms with Crippen molar-refractivity contribution in [2.24, 2.45) is 0 Å². The minimum absolute atomic E-state index is 0.0937. The largest absolute Gasteiger partial charge is 0.481 e. The summed E-state index contributed by atoms with van der Waals surface area (Å²) in [7, 11) is 0. The van der Waals surface area contributed by atoms with Crippen LogP contribution in [0.3, 0.4) is 0 Å². The van der Waals surface area contributed by atoms with E-state index in [0.717, 1.165) is 11.1 Å². The summed E-state index contributed by atoms with van der Waals surface area (Å²) in [5, 5.41) is 2.76. The summed E-state index contributed by atoms with van der Waals surface area (Å²) in [6.07, 6.45) is -0.670. The Morgan fingerprint density at radius 2 is 1.78 bits per heavy atom. The van der Waals surface area contributed by atoms with Gasteiger partial charge in [-0.15, -0.1) is 0 Å². The number of para-hydroxylation sites is 1. The maximum absolute atomic E-state index is 12.3. The lowest BCUT2D eigenvalue weighted by Crippen LogP contribution is -2.30. The van der Waals surface area contributed by atoms with Gasteiger partial charge in [0.15, 0.2) is 11.9 Å². The molecule has 0 fully saturated rings. The minimum Gasteiger partial charge on any atom is -0.481 e. The van der Waals surface area contributed by atoms with E-state index in [2.05, 4.69) is 5.32 Å². The van der Waals surface area contributed by atoms with Crippen molar-refractivity contribution in [3.63, 3.8) is 0 Å². The van der Waals surface area contributed by atoms with Crippen LogP contribution in [0.1, 0.15) is 35.3 Å². The number of ketones is 1. The van der Waals surface area contributed by atoms with Crippen LogP contribution < -0.4 is 10.1 Å². The van der Waals surface area contributed by atoms with Crippen molar-refractivity contribution in [2.45, 2.75) is 33.8 Å². The second-order valence-electron chi connectivity index (χ2n) is 5.62. The number of hydrogen-bond donors (Lipinski definition) is 1. The molecular weight excluding hydrogens is 290 g/mol. The Morgan fingerprint density at radius 3 is 2.43 bits per heavy atom. The first-order valence-corrected chi connectivity index (χ1v) is 7.53. The summed E-state index contributed by atoms with van der Waals surface area (Å²) < 4.78 is 5.74. The fourth-order valence-corrected chi connectivity index (χ4v) is 2.31. The van der Waals surface area contributed by atoms with Crippen molar-refractivity contribution >= 4 is 17.4 Å². The molecule has 120 valence electrons. The maximum Gasteiger partial charge on any atom is 0.265 e. The van der Waals surface area contributed by atoms with Crippen LogP contribution in [0.15, 0.2) is 42.5 Å². The third kappa shape index (κ3) is 4.19. The van der Waals surface area contributed by atoms with E-state index in [4.69, 9.17) is 4.74 Å². The molecule has 0 bridgehead atoms. The van der Waals surface area contributed by atoms with Gasteiger partial charge in [0.2, 0.25) is 0 Å². The van der Waals surface area contributed by atoms with Crippen molar-refractivity contribution in [1.29, 1.82) is 0 Å². The van der Waals surface area contributed by atoms with E-state index in [9.17, 15) is 9.59 Å². The van der Waals surface area contributed by atoms with Gasteiger partial charge in [0.1, 0.15) is 5.75 Å². The van der Waals surface area contributed by atoms with Gasteiger partial charge in [-0.25, -0.2) is 0 Å². The molecule has 1 unspecified atom stereocenters. The summed E-state index contributed by atoms with van der Waals surface area (Å²) in [6.45, 7) is 7.11. The van der Waals surface area contributed by atoms with Crippen LogP contribution in [-0.4, -0.2) is 17.8 Å². The van der Waals surface area contributed by atoms with E-state index in [1.54, 1.807) is 31.2 Å². The lowest BCUT2D eigenvalue weighted by Gasteiger charge is -2.17.